The van der Waals surface area contributed by atoms with E-state index in [4.69, 9.17) is 9.47 Å². The normalized spacial score (nSPS) is 14.7. The second-order valence-corrected chi connectivity index (χ2v) is 9.35. The Morgan fingerprint density at radius 1 is 1.00 bits per heavy atom. The first-order chi connectivity index (χ1) is 16.4. The predicted molar refractivity (Wildman–Crippen MR) is 123 cm³/mol. The monoisotopic (exact) mass is 486 g/mol. The Kier molecular flexibility index (Phi) is 7.08. The van der Waals surface area contributed by atoms with E-state index in [1.165, 1.54) is 40.0 Å². The van der Waals surface area contributed by atoms with Crippen LogP contribution in [-0.2, 0) is 10.0 Å². The van der Waals surface area contributed by atoms with Crippen LogP contribution in [-0.4, -0.2) is 82.7 Å². The van der Waals surface area contributed by atoms with Crippen LogP contribution in [0.1, 0.15) is 24.2 Å². The van der Waals surface area contributed by atoms with Crippen molar-refractivity contribution in [1.82, 2.24) is 29.0 Å². The Morgan fingerprint density at radius 3 is 2.35 bits per heavy atom. The molecule has 0 atom stereocenters. The number of aromatic nitrogens is 4. The lowest BCUT2D eigenvalue weighted by atomic mass is 10.2. The van der Waals surface area contributed by atoms with E-state index >= 15 is 0 Å². The molecule has 1 amide bonds. The van der Waals surface area contributed by atoms with Crippen LogP contribution in [0.3, 0.4) is 0 Å². The van der Waals surface area contributed by atoms with Crippen molar-refractivity contribution in [2.75, 3.05) is 39.4 Å². The zero-order valence-electron chi connectivity index (χ0n) is 19.0. The smallest absolute Gasteiger partial charge is 0.255 e. The molecule has 34 heavy (non-hydrogen) atoms. The Labute approximate surface area is 198 Å². The van der Waals surface area contributed by atoms with E-state index in [-0.39, 0.29) is 37.0 Å². The minimum absolute atomic E-state index is 0.132. The van der Waals surface area contributed by atoms with Gasteiger partial charge in [-0.3, -0.25) is 4.79 Å². The second kappa shape index (κ2) is 10.2. The first-order valence-electron chi connectivity index (χ1n) is 10.9. The Hall–Kier alpha value is -3.51. The van der Waals surface area contributed by atoms with Gasteiger partial charge in [-0.05, 0) is 38.1 Å². The summed E-state index contributed by atoms with van der Waals surface area (Å²) in [5.74, 6) is 1.24. The van der Waals surface area contributed by atoms with Crippen molar-refractivity contribution < 1.29 is 22.7 Å². The number of carbonyl (C=O) groups excluding carboxylic acids is 1. The van der Waals surface area contributed by atoms with Gasteiger partial charge in [0.25, 0.3) is 5.91 Å². The summed E-state index contributed by atoms with van der Waals surface area (Å²) in [5, 5.41) is 4.01. The van der Waals surface area contributed by atoms with E-state index < -0.39 is 10.0 Å². The maximum Gasteiger partial charge on any atom is 0.255 e. The SMILES string of the molecule is CCOc1ccc(S(=O)(=O)N2CCN(C(=O)c3ccc(-n4cncn4)nc3)CC2)cc1OCC. The zero-order valence-corrected chi connectivity index (χ0v) is 19.8. The molecule has 11 nitrogen and oxygen atoms in total. The molecular formula is C22H26N6O5S. The van der Waals surface area contributed by atoms with Gasteiger partial charge < -0.3 is 14.4 Å². The third-order valence-electron chi connectivity index (χ3n) is 5.33. The van der Waals surface area contributed by atoms with Crippen LogP contribution in [0.15, 0.2) is 54.1 Å². The van der Waals surface area contributed by atoms with Crippen molar-refractivity contribution in [2.45, 2.75) is 18.7 Å². The number of benzene rings is 1. The predicted octanol–water partition coefficient (Wildman–Crippen LogP) is 1.61. The topological polar surface area (TPSA) is 120 Å². The third kappa shape index (κ3) is 4.87. The lowest BCUT2D eigenvalue weighted by Gasteiger charge is -2.34. The molecule has 0 spiro atoms. The Balaban J connectivity index is 1.42. The van der Waals surface area contributed by atoms with E-state index in [1.807, 2.05) is 13.8 Å². The van der Waals surface area contributed by atoms with Gasteiger partial charge in [0.2, 0.25) is 10.0 Å². The molecule has 1 aromatic carbocycles. The van der Waals surface area contributed by atoms with Gasteiger partial charge in [-0.2, -0.15) is 9.40 Å². The number of sulfonamides is 1. The highest BCUT2D eigenvalue weighted by Gasteiger charge is 2.31. The molecule has 1 saturated heterocycles. The molecular weight excluding hydrogens is 460 g/mol. The molecule has 0 aliphatic carbocycles. The summed E-state index contributed by atoms with van der Waals surface area (Å²) in [6.45, 7) is 5.44. The van der Waals surface area contributed by atoms with Crippen molar-refractivity contribution in [1.29, 1.82) is 0 Å². The highest BCUT2D eigenvalue weighted by molar-refractivity contribution is 7.89. The van der Waals surface area contributed by atoms with Crippen LogP contribution in [0.2, 0.25) is 0 Å². The van der Waals surface area contributed by atoms with E-state index in [0.717, 1.165) is 0 Å². The van der Waals surface area contributed by atoms with Crippen molar-refractivity contribution in [3.8, 4) is 17.3 Å². The van der Waals surface area contributed by atoms with Gasteiger partial charge in [-0.15, -0.1) is 0 Å². The van der Waals surface area contributed by atoms with Crippen LogP contribution >= 0.6 is 0 Å². The molecule has 0 N–H and O–H groups in total. The summed E-state index contributed by atoms with van der Waals surface area (Å²) in [5.41, 5.74) is 0.424. The number of pyridine rings is 1. The number of piperazine rings is 1. The van der Waals surface area contributed by atoms with Gasteiger partial charge in [-0.25, -0.2) is 23.1 Å². The molecule has 1 fully saturated rings. The van der Waals surface area contributed by atoms with Gasteiger partial charge in [0.15, 0.2) is 17.3 Å². The molecule has 1 aliphatic heterocycles. The molecule has 0 unspecified atom stereocenters. The third-order valence-corrected chi connectivity index (χ3v) is 7.22. The number of hydrogen-bond acceptors (Lipinski definition) is 8. The average Bonchev–Trinajstić information content (AvgIpc) is 3.40. The molecule has 3 heterocycles. The zero-order chi connectivity index (χ0) is 24.1. The first kappa shape index (κ1) is 23.6. The van der Waals surface area contributed by atoms with Crippen molar-refractivity contribution in [2.24, 2.45) is 0 Å². The molecule has 12 heteroatoms. The fourth-order valence-electron chi connectivity index (χ4n) is 3.63. The van der Waals surface area contributed by atoms with E-state index in [9.17, 15) is 13.2 Å². The highest BCUT2D eigenvalue weighted by Crippen LogP contribution is 2.31. The molecule has 0 saturated carbocycles. The number of carbonyl (C=O) groups is 1. The highest BCUT2D eigenvalue weighted by atomic mass is 32.2. The Morgan fingerprint density at radius 2 is 1.74 bits per heavy atom. The van der Waals surface area contributed by atoms with E-state index in [2.05, 4.69) is 15.1 Å². The molecule has 4 rings (SSSR count). The maximum absolute atomic E-state index is 13.2. The van der Waals surface area contributed by atoms with Crippen molar-refractivity contribution in [3.05, 3.63) is 54.7 Å². The summed E-state index contributed by atoms with van der Waals surface area (Å²) in [7, 11) is -3.75. The van der Waals surface area contributed by atoms with Gasteiger partial charge in [-0.1, -0.05) is 0 Å². The minimum atomic E-state index is -3.75. The number of amides is 1. The van der Waals surface area contributed by atoms with Gasteiger partial charge >= 0.3 is 0 Å². The summed E-state index contributed by atoms with van der Waals surface area (Å²) >= 11 is 0. The molecule has 2 aromatic heterocycles. The quantitative estimate of drug-likeness (QED) is 0.471. The van der Waals surface area contributed by atoms with Crippen LogP contribution in [0.4, 0.5) is 0 Å². The van der Waals surface area contributed by atoms with Crippen LogP contribution < -0.4 is 9.47 Å². The summed E-state index contributed by atoms with van der Waals surface area (Å²) in [4.78, 5) is 22.8. The second-order valence-electron chi connectivity index (χ2n) is 7.42. The van der Waals surface area contributed by atoms with Crippen LogP contribution in [0.25, 0.3) is 5.82 Å². The minimum Gasteiger partial charge on any atom is -0.490 e. The number of nitrogens with zero attached hydrogens (tertiary/aromatic N) is 6. The number of rotatable bonds is 8. The molecule has 1 aliphatic rings. The molecule has 0 radical (unpaired) electrons. The molecule has 3 aromatic rings. The van der Waals surface area contributed by atoms with Gasteiger partial charge in [0.1, 0.15) is 12.7 Å². The van der Waals surface area contributed by atoms with Crippen molar-refractivity contribution >= 4 is 15.9 Å². The Bertz CT molecular complexity index is 1220. The fraction of sp³-hybridized carbons (Fsp3) is 0.364. The number of hydrogen-bond donors (Lipinski definition) is 0. The summed E-state index contributed by atoms with van der Waals surface area (Å²) in [6, 6.07) is 7.97. The van der Waals surface area contributed by atoms with E-state index in [0.29, 0.717) is 36.1 Å². The maximum atomic E-state index is 13.2. The van der Waals surface area contributed by atoms with Crippen molar-refractivity contribution in [3.63, 3.8) is 0 Å². The van der Waals surface area contributed by atoms with Crippen LogP contribution in [0, 0.1) is 0 Å². The van der Waals surface area contributed by atoms with Gasteiger partial charge in [0, 0.05) is 38.4 Å². The van der Waals surface area contributed by atoms with Gasteiger partial charge in [0.05, 0.1) is 23.7 Å². The summed E-state index contributed by atoms with van der Waals surface area (Å²) in [6.07, 6.45) is 4.40. The van der Waals surface area contributed by atoms with Crippen LogP contribution in [0.5, 0.6) is 11.5 Å². The first-order valence-corrected chi connectivity index (χ1v) is 12.4. The lowest BCUT2D eigenvalue weighted by Crippen LogP contribution is -2.50. The molecule has 180 valence electrons. The molecule has 0 bridgehead atoms. The average molecular weight is 487 g/mol. The van der Waals surface area contributed by atoms with E-state index in [1.54, 1.807) is 23.1 Å². The number of ether oxygens (including phenoxy) is 2. The standard InChI is InChI=1S/C22H26N6O5S/c1-3-32-19-7-6-18(13-20(19)33-4-2)34(30,31)27-11-9-26(10-12-27)22(29)17-5-8-21(24-14-17)28-16-23-15-25-28/h5-8,13-16H,3-4,9-12H2,1-2H3. The lowest BCUT2D eigenvalue weighted by molar-refractivity contribution is 0.0697. The largest absolute Gasteiger partial charge is 0.490 e. The summed E-state index contributed by atoms with van der Waals surface area (Å²) < 4.78 is 40.4. The fourth-order valence-corrected chi connectivity index (χ4v) is 5.07.